The number of nitrogens with one attached hydrogen (secondary N) is 1. The van der Waals surface area contributed by atoms with Crippen molar-refractivity contribution in [3.05, 3.63) is 29.3 Å². The third-order valence-corrected chi connectivity index (χ3v) is 3.62. The van der Waals surface area contributed by atoms with Crippen LogP contribution in [0.2, 0.25) is 0 Å². The van der Waals surface area contributed by atoms with Crippen LogP contribution < -0.4 is 10.2 Å². The molecule has 2 amide bonds. The molecular weight excluding hydrogens is 256 g/mol. The molecule has 20 heavy (non-hydrogen) atoms. The average molecular weight is 276 g/mol. The lowest BCUT2D eigenvalue weighted by atomic mass is 10.1. The lowest BCUT2D eigenvalue weighted by molar-refractivity contribution is -0.128. The van der Waals surface area contributed by atoms with Gasteiger partial charge in [-0.2, -0.15) is 0 Å². The third kappa shape index (κ3) is 2.99. The number of anilines is 1. The fraction of sp³-hybridized carbons (Fsp3) is 0.467. The van der Waals surface area contributed by atoms with Gasteiger partial charge in [0.2, 0.25) is 11.8 Å². The Morgan fingerprint density at radius 3 is 2.80 bits per heavy atom. The van der Waals surface area contributed by atoms with Crippen LogP contribution >= 0.6 is 0 Å². The van der Waals surface area contributed by atoms with Gasteiger partial charge in [-0.05, 0) is 43.5 Å². The molecule has 0 aliphatic carbocycles. The second-order valence-electron chi connectivity index (χ2n) is 5.10. The maximum Gasteiger partial charge on any atom is 0.249 e. The summed E-state index contributed by atoms with van der Waals surface area (Å²) in [5.74, 6) is -0.314. The first-order valence-corrected chi connectivity index (χ1v) is 6.70. The second kappa shape index (κ2) is 6.05. The highest BCUT2D eigenvalue weighted by atomic mass is 16.5. The van der Waals surface area contributed by atoms with Crippen molar-refractivity contribution in [3.63, 3.8) is 0 Å². The summed E-state index contributed by atoms with van der Waals surface area (Å²) < 4.78 is 4.75. The van der Waals surface area contributed by atoms with Gasteiger partial charge in [-0.25, -0.2) is 0 Å². The van der Waals surface area contributed by atoms with Gasteiger partial charge in [-0.15, -0.1) is 0 Å². The molecule has 1 atom stereocenters. The number of hydrogen-bond donors (Lipinski definition) is 1. The van der Waals surface area contributed by atoms with Crippen molar-refractivity contribution in [2.24, 2.45) is 0 Å². The van der Waals surface area contributed by atoms with Crippen LogP contribution in [-0.2, 0) is 14.3 Å². The molecular formula is C15H20N2O3. The molecule has 108 valence electrons. The smallest absolute Gasteiger partial charge is 0.249 e. The lowest BCUT2D eigenvalue weighted by Crippen LogP contribution is -2.42. The highest BCUT2D eigenvalue weighted by Gasteiger charge is 2.33. The molecule has 5 nitrogen and oxygen atoms in total. The zero-order valence-corrected chi connectivity index (χ0v) is 12.1. The molecule has 0 bridgehead atoms. The van der Waals surface area contributed by atoms with E-state index in [1.165, 1.54) is 12.7 Å². The van der Waals surface area contributed by atoms with Crippen LogP contribution in [0.1, 0.15) is 17.5 Å². The molecule has 0 spiro atoms. The van der Waals surface area contributed by atoms with E-state index >= 15 is 0 Å². The number of amides is 2. The lowest BCUT2D eigenvalue weighted by Gasteiger charge is -2.18. The minimum absolute atomic E-state index is 0.0204. The van der Waals surface area contributed by atoms with E-state index < -0.39 is 6.04 Å². The Hall–Kier alpha value is -1.88. The van der Waals surface area contributed by atoms with Crippen molar-refractivity contribution in [2.75, 3.05) is 25.2 Å². The van der Waals surface area contributed by atoms with Crippen molar-refractivity contribution in [3.8, 4) is 0 Å². The van der Waals surface area contributed by atoms with Gasteiger partial charge in [0.1, 0.15) is 12.6 Å². The number of methoxy groups -OCH3 is 1. The van der Waals surface area contributed by atoms with E-state index in [4.69, 9.17) is 4.74 Å². The highest BCUT2D eigenvalue weighted by molar-refractivity contribution is 6.01. The normalized spacial score (nSPS) is 18.4. The van der Waals surface area contributed by atoms with Gasteiger partial charge in [0.05, 0.1) is 0 Å². The third-order valence-electron chi connectivity index (χ3n) is 3.62. The van der Waals surface area contributed by atoms with Gasteiger partial charge < -0.3 is 15.0 Å². The Balaban J connectivity index is 2.07. The van der Waals surface area contributed by atoms with Crippen molar-refractivity contribution in [2.45, 2.75) is 26.3 Å². The summed E-state index contributed by atoms with van der Waals surface area (Å²) in [6.45, 7) is 4.67. The fourth-order valence-electron chi connectivity index (χ4n) is 2.33. The van der Waals surface area contributed by atoms with Crippen LogP contribution in [0.5, 0.6) is 0 Å². The predicted octanol–water partition coefficient (Wildman–Crippen LogP) is 1.17. The van der Waals surface area contributed by atoms with Crippen LogP contribution in [0, 0.1) is 13.8 Å². The predicted molar refractivity (Wildman–Crippen MR) is 76.7 cm³/mol. The van der Waals surface area contributed by atoms with Crippen molar-refractivity contribution < 1.29 is 14.3 Å². The van der Waals surface area contributed by atoms with Gasteiger partial charge >= 0.3 is 0 Å². The molecule has 1 aliphatic heterocycles. The summed E-state index contributed by atoms with van der Waals surface area (Å²) >= 11 is 0. The number of carbonyl (C=O) groups excluding carboxylic acids is 2. The molecule has 1 unspecified atom stereocenters. The second-order valence-corrected chi connectivity index (χ2v) is 5.10. The molecule has 1 heterocycles. The minimum Gasteiger partial charge on any atom is -0.375 e. The summed E-state index contributed by atoms with van der Waals surface area (Å²) in [5.41, 5.74) is 3.24. The van der Waals surface area contributed by atoms with Gasteiger partial charge in [0.25, 0.3) is 0 Å². The van der Waals surface area contributed by atoms with E-state index in [1.807, 2.05) is 32.0 Å². The Labute approximate surface area is 118 Å². The Morgan fingerprint density at radius 2 is 2.15 bits per heavy atom. The minimum atomic E-state index is -0.445. The van der Waals surface area contributed by atoms with E-state index in [9.17, 15) is 9.59 Å². The standard InChI is InChI=1S/C15H20N2O3/c1-10-4-5-12(8-11(10)2)17-7-6-13(15(17)19)16-14(18)9-20-3/h4-5,8,13H,6-7,9H2,1-3H3,(H,16,18). The van der Waals surface area contributed by atoms with Crippen LogP contribution in [0.4, 0.5) is 5.69 Å². The average Bonchev–Trinajstić information content (AvgIpc) is 2.75. The first-order valence-electron chi connectivity index (χ1n) is 6.70. The van der Waals surface area contributed by atoms with Gasteiger partial charge in [-0.1, -0.05) is 6.07 Å². The molecule has 1 aromatic carbocycles. The Morgan fingerprint density at radius 1 is 1.40 bits per heavy atom. The number of rotatable bonds is 4. The van der Waals surface area contributed by atoms with E-state index in [-0.39, 0.29) is 18.4 Å². The van der Waals surface area contributed by atoms with Gasteiger partial charge in [0, 0.05) is 19.3 Å². The monoisotopic (exact) mass is 276 g/mol. The van der Waals surface area contributed by atoms with Crippen LogP contribution in [0.25, 0.3) is 0 Å². The molecule has 1 aromatic rings. The first-order chi connectivity index (χ1) is 9.52. The zero-order chi connectivity index (χ0) is 14.7. The quantitative estimate of drug-likeness (QED) is 0.898. The summed E-state index contributed by atoms with van der Waals surface area (Å²) in [4.78, 5) is 25.5. The van der Waals surface area contributed by atoms with E-state index in [2.05, 4.69) is 5.32 Å². The van der Waals surface area contributed by atoms with Crippen LogP contribution in [-0.4, -0.2) is 38.1 Å². The van der Waals surface area contributed by atoms with Crippen molar-refractivity contribution >= 4 is 17.5 Å². The fourth-order valence-corrected chi connectivity index (χ4v) is 2.33. The number of benzene rings is 1. The summed E-state index contributed by atoms with van der Waals surface area (Å²) in [5, 5.41) is 2.70. The molecule has 1 aliphatic rings. The Kier molecular flexibility index (Phi) is 4.39. The number of carbonyl (C=O) groups is 2. The first kappa shape index (κ1) is 14.5. The molecule has 0 radical (unpaired) electrons. The van der Waals surface area contributed by atoms with E-state index in [0.29, 0.717) is 13.0 Å². The van der Waals surface area contributed by atoms with E-state index in [1.54, 1.807) is 4.90 Å². The Bertz CT molecular complexity index is 528. The number of aryl methyl sites for hydroxylation is 2. The molecule has 1 fully saturated rings. The van der Waals surface area contributed by atoms with E-state index in [0.717, 1.165) is 11.3 Å². The van der Waals surface area contributed by atoms with Crippen LogP contribution in [0.15, 0.2) is 18.2 Å². The summed E-state index contributed by atoms with van der Waals surface area (Å²) in [6.07, 6.45) is 0.626. The number of nitrogens with zero attached hydrogens (tertiary/aromatic N) is 1. The van der Waals surface area contributed by atoms with Gasteiger partial charge in [-0.3, -0.25) is 9.59 Å². The highest BCUT2D eigenvalue weighted by Crippen LogP contribution is 2.24. The molecule has 1 N–H and O–H groups in total. The number of hydrogen-bond acceptors (Lipinski definition) is 3. The largest absolute Gasteiger partial charge is 0.375 e. The molecule has 1 saturated heterocycles. The SMILES string of the molecule is COCC(=O)NC1CCN(c2ccc(C)c(C)c2)C1=O. The topological polar surface area (TPSA) is 58.6 Å². The summed E-state index contributed by atoms with van der Waals surface area (Å²) in [7, 11) is 1.46. The van der Waals surface area contributed by atoms with Gasteiger partial charge in [0.15, 0.2) is 0 Å². The molecule has 0 saturated carbocycles. The number of ether oxygens (including phenoxy) is 1. The van der Waals surface area contributed by atoms with Crippen molar-refractivity contribution in [1.29, 1.82) is 0 Å². The van der Waals surface area contributed by atoms with Crippen molar-refractivity contribution in [1.82, 2.24) is 5.32 Å². The van der Waals surface area contributed by atoms with Crippen LogP contribution in [0.3, 0.4) is 0 Å². The molecule has 5 heteroatoms. The maximum atomic E-state index is 12.3. The maximum absolute atomic E-state index is 12.3. The molecule has 0 aromatic heterocycles. The molecule has 2 rings (SSSR count). The summed E-state index contributed by atoms with van der Waals surface area (Å²) in [6, 6.07) is 5.51. The zero-order valence-electron chi connectivity index (χ0n) is 12.1.